The lowest BCUT2D eigenvalue weighted by molar-refractivity contribution is -0.115. The minimum absolute atomic E-state index is 0. The highest BCUT2D eigenvalue weighted by atomic mass is 127. The van der Waals surface area contributed by atoms with Crippen LogP contribution in [0.5, 0.6) is 0 Å². The highest BCUT2D eigenvalue weighted by molar-refractivity contribution is 14.0. The van der Waals surface area contributed by atoms with E-state index in [0.29, 0.717) is 11.6 Å². The number of hydrogen-bond acceptors (Lipinski definition) is 3. The number of nitrogens with zero attached hydrogens (tertiary/aromatic N) is 2. The van der Waals surface area contributed by atoms with E-state index in [1.165, 1.54) is 12.8 Å². The number of pyridine rings is 1. The standard InChI is InChI=1S/C16H27N5O.HI/c1-13(2)7-4-5-10-19-16(17-3)20-12-15(22)21-14-8-6-9-18-11-14;/h6,8-9,11,13H,4-5,7,10,12H2,1-3H3,(H,21,22)(H2,17,19,20);1H. The van der Waals surface area contributed by atoms with Crippen molar-refractivity contribution >= 4 is 41.5 Å². The quantitative estimate of drug-likeness (QED) is 0.255. The second kappa shape index (κ2) is 13.1. The lowest BCUT2D eigenvalue weighted by Crippen LogP contribution is -2.41. The molecule has 1 amide bonds. The monoisotopic (exact) mass is 433 g/mol. The first kappa shape index (κ1) is 21.6. The van der Waals surface area contributed by atoms with Crippen molar-refractivity contribution in [1.29, 1.82) is 0 Å². The number of halogens is 1. The molecule has 0 aliphatic rings. The molecule has 23 heavy (non-hydrogen) atoms. The zero-order valence-corrected chi connectivity index (χ0v) is 16.5. The molecule has 1 heterocycles. The Morgan fingerprint density at radius 1 is 1.30 bits per heavy atom. The van der Waals surface area contributed by atoms with Gasteiger partial charge in [-0.25, -0.2) is 0 Å². The van der Waals surface area contributed by atoms with Gasteiger partial charge in [0.25, 0.3) is 0 Å². The fourth-order valence-electron chi connectivity index (χ4n) is 1.91. The van der Waals surface area contributed by atoms with E-state index in [9.17, 15) is 4.79 Å². The molecule has 0 saturated carbocycles. The van der Waals surface area contributed by atoms with Crippen LogP contribution in [-0.2, 0) is 4.79 Å². The summed E-state index contributed by atoms with van der Waals surface area (Å²) in [6, 6.07) is 3.58. The summed E-state index contributed by atoms with van der Waals surface area (Å²) in [5.74, 6) is 1.26. The van der Waals surface area contributed by atoms with Crippen LogP contribution in [0.1, 0.15) is 33.1 Å². The van der Waals surface area contributed by atoms with Crippen LogP contribution in [0.2, 0.25) is 0 Å². The maximum Gasteiger partial charge on any atom is 0.243 e. The molecule has 0 fully saturated rings. The van der Waals surface area contributed by atoms with Crippen LogP contribution in [0, 0.1) is 5.92 Å². The lowest BCUT2D eigenvalue weighted by Gasteiger charge is -2.12. The first-order chi connectivity index (χ1) is 10.6. The van der Waals surface area contributed by atoms with E-state index in [0.717, 1.165) is 18.9 Å². The van der Waals surface area contributed by atoms with Gasteiger partial charge in [0, 0.05) is 19.8 Å². The maximum atomic E-state index is 11.8. The summed E-state index contributed by atoms with van der Waals surface area (Å²) in [6.45, 7) is 5.49. The molecule has 1 rings (SSSR count). The largest absolute Gasteiger partial charge is 0.356 e. The highest BCUT2D eigenvalue weighted by Gasteiger charge is 2.04. The molecule has 7 heteroatoms. The van der Waals surface area contributed by atoms with E-state index in [4.69, 9.17) is 0 Å². The zero-order valence-electron chi connectivity index (χ0n) is 14.1. The van der Waals surface area contributed by atoms with Crippen LogP contribution in [0.4, 0.5) is 5.69 Å². The third-order valence-electron chi connectivity index (χ3n) is 3.09. The number of nitrogens with one attached hydrogen (secondary N) is 3. The zero-order chi connectivity index (χ0) is 16.2. The third kappa shape index (κ3) is 10.9. The fourth-order valence-corrected chi connectivity index (χ4v) is 1.91. The molecule has 0 aromatic carbocycles. The molecule has 6 nitrogen and oxygen atoms in total. The van der Waals surface area contributed by atoms with Crippen LogP contribution < -0.4 is 16.0 Å². The van der Waals surface area contributed by atoms with Crippen molar-refractivity contribution in [3.8, 4) is 0 Å². The number of unbranched alkanes of at least 4 members (excludes halogenated alkanes) is 1. The predicted octanol–water partition coefficient (Wildman–Crippen LogP) is 2.63. The summed E-state index contributed by atoms with van der Waals surface area (Å²) in [5, 5.41) is 8.97. The molecule has 3 N–H and O–H groups in total. The van der Waals surface area contributed by atoms with Gasteiger partial charge in [-0.15, -0.1) is 24.0 Å². The molecule has 1 aromatic heterocycles. The highest BCUT2D eigenvalue weighted by Crippen LogP contribution is 2.05. The summed E-state index contributed by atoms with van der Waals surface area (Å²) in [5.41, 5.74) is 0.686. The molecule has 0 saturated heterocycles. The Balaban J connectivity index is 0.00000484. The lowest BCUT2D eigenvalue weighted by atomic mass is 10.1. The van der Waals surface area contributed by atoms with Gasteiger partial charge in [0.05, 0.1) is 18.4 Å². The number of aromatic nitrogens is 1. The van der Waals surface area contributed by atoms with Gasteiger partial charge in [0.15, 0.2) is 5.96 Å². The van der Waals surface area contributed by atoms with E-state index in [1.54, 1.807) is 31.6 Å². The Morgan fingerprint density at radius 2 is 2.09 bits per heavy atom. The van der Waals surface area contributed by atoms with Gasteiger partial charge in [0.2, 0.25) is 5.91 Å². The average Bonchev–Trinajstić information content (AvgIpc) is 2.50. The minimum atomic E-state index is -0.129. The topological polar surface area (TPSA) is 78.4 Å². The molecule has 0 aliphatic heterocycles. The van der Waals surface area contributed by atoms with Gasteiger partial charge in [-0.05, 0) is 24.5 Å². The molecule has 0 unspecified atom stereocenters. The Bertz CT molecular complexity index is 465. The minimum Gasteiger partial charge on any atom is -0.356 e. The van der Waals surface area contributed by atoms with Crippen molar-refractivity contribution in [3.05, 3.63) is 24.5 Å². The van der Waals surface area contributed by atoms with Crippen molar-refractivity contribution in [2.75, 3.05) is 25.5 Å². The average molecular weight is 433 g/mol. The SMILES string of the molecule is CN=C(NCCCCC(C)C)NCC(=O)Nc1cccnc1.I. The number of carbonyl (C=O) groups is 1. The molecule has 1 aromatic rings. The molecule has 0 spiro atoms. The van der Waals surface area contributed by atoms with Crippen molar-refractivity contribution in [2.45, 2.75) is 33.1 Å². The van der Waals surface area contributed by atoms with Crippen LogP contribution in [0.25, 0.3) is 0 Å². The Hall–Kier alpha value is -1.38. The molecule has 0 aliphatic carbocycles. The fraction of sp³-hybridized carbons (Fsp3) is 0.562. The van der Waals surface area contributed by atoms with Crippen LogP contribution in [0.15, 0.2) is 29.5 Å². The summed E-state index contributed by atoms with van der Waals surface area (Å²) < 4.78 is 0. The Kier molecular flexibility index (Phi) is 12.3. The second-order valence-corrected chi connectivity index (χ2v) is 5.53. The number of carbonyl (C=O) groups excluding carboxylic acids is 1. The Labute approximate surface area is 156 Å². The number of guanidine groups is 1. The summed E-state index contributed by atoms with van der Waals surface area (Å²) in [7, 11) is 1.70. The van der Waals surface area contributed by atoms with Crippen LogP contribution >= 0.6 is 24.0 Å². The van der Waals surface area contributed by atoms with Crippen molar-refractivity contribution in [3.63, 3.8) is 0 Å². The first-order valence-electron chi connectivity index (χ1n) is 7.76. The van der Waals surface area contributed by atoms with Gasteiger partial charge in [-0.3, -0.25) is 14.8 Å². The number of aliphatic imine (C=N–C) groups is 1. The number of hydrogen-bond donors (Lipinski definition) is 3. The molecular formula is C16H28IN5O. The molecule has 130 valence electrons. The van der Waals surface area contributed by atoms with Crippen LogP contribution in [0.3, 0.4) is 0 Å². The molecule has 0 bridgehead atoms. The smallest absolute Gasteiger partial charge is 0.243 e. The van der Waals surface area contributed by atoms with E-state index < -0.39 is 0 Å². The first-order valence-corrected chi connectivity index (χ1v) is 7.76. The normalized spacial score (nSPS) is 10.9. The number of anilines is 1. The van der Waals surface area contributed by atoms with Gasteiger partial charge < -0.3 is 16.0 Å². The molecule has 0 radical (unpaired) electrons. The van der Waals surface area contributed by atoms with Gasteiger partial charge in [-0.2, -0.15) is 0 Å². The van der Waals surface area contributed by atoms with E-state index >= 15 is 0 Å². The van der Waals surface area contributed by atoms with Gasteiger partial charge in [0.1, 0.15) is 0 Å². The number of rotatable bonds is 8. The predicted molar refractivity (Wildman–Crippen MR) is 106 cm³/mol. The number of amides is 1. The summed E-state index contributed by atoms with van der Waals surface area (Å²) >= 11 is 0. The molecule has 0 atom stereocenters. The van der Waals surface area contributed by atoms with E-state index in [1.807, 2.05) is 0 Å². The van der Waals surface area contributed by atoms with Crippen molar-refractivity contribution < 1.29 is 4.79 Å². The summed E-state index contributed by atoms with van der Waals surface area (Å²) in [6.07, 6.45) is 6.81. The Morgan fingerprint density at radius 3 is 2.70 bits per heavy atom. The van der Waals surface area contributed by atoms with Crippen molar-refractivity contribution in [2.24, 2.45) is 10.9 Å². The van der Waals surface area contributed by atoms with E-state index in [2.05, 4.69) is 39.8 Å². The van der Waals surface area contributed by atoms with Gasteiger partial charge >= 0.3 is 0 Å². The second-order valence-electron chi connectivity index (χ2n) is 5.53. The maximum absolute atomic E-state index is 11.8. The van der Waals surface area contributed by atoms with Crippen LogP contribution in [-0.4, -0.2) is 37.0 Å². The van der Waals surface area contributed by atoms with Crippen molar-refractivity contribution in [1.82, 2.24) is 15.6 Å². The molecular weight excluding hydrogens is 405 g/mol. The third-order valence-corrected chi connectivity index (χ3v) is 3.09. The van der Waals surface area contributed by atoms with Gasteiger partial charge in [-0.1, -0.05) is 26.7 Å². The summed E-state index contributed by atoms with van der Waals surface area (Å²) in [4.78, 5) is 19.8. The van der Waals surface area contributed by atoms with E-state index in [-0.39, 0.29) is 36.4 Å².